The number of nitrogens with zero attached hydrogens (tertiary/aromatic N) is 2. The fourth-order valence-corrected chi connectivity index (χ4v) is 5.18. The first kappa shape index (κ1) is 29.9. The molecule has 5 atom stereocenters. The van der Waals surface area contributed by atoms with Crippen LogP contribution in [0.4, 0.5) is 0 Å². The van der Waals surface area contributed by atoms with E-state index in [1.54, 1.807) is 20.8 Å². The zero-order valence-corrected chi connectivity index (χ0v) is 23.1. The molecule has 2 N–H and O–H groups in total. The van der Waals surface area contributed by atoms with Gasteiger partial charge in [0.25, 0.3) is 0 Å². The number of allylic oxidation sites excluding steroid dienone is 1. The van der Waals surface area contributed by atoms with Crippen LogP contribution in [0.3, 0.4) is 0 Å². The molecule has 1 unspecified atom stereocenters. The van der Waals surface area contributed by atoms with Gasteiger partial charge in [-0.05, 0) is 50.7 Å². The van der Waals surface area contributed by atoms with Crippen LogP contribution in [0.1, 0.15) is 84.3 Å². The van der Waals surface area contributed by atoms with Gasteiger partial charge in [0.1, 0.15) is 16.9 Å². The highest BCUT2D eigenvalue weighted by atomic mass is 32.1. The molecule has 1 aliphatic rings. The van der Waals surface area contributed by atoms with E-state index in [-0.39, 0.29) is 24.5 Å². The van der Waals surface area contributed by atoms with Crippen LogP contribution in [0.5, 0.6) is 0 Å². The van der Waals surface area contributed by atoms with Crippen LogP contribution < -0.4 is 0 Å². The molecule has 0 aromatic carbocycles. The van der Waals surface area contributed by atoms with Crippen molar-refractivity contribution in [3.8, 4) is 6.07 Å². The SMILES string of the molecule is C/C1=C/CC(/C(C)=C/c2csc(CC#N)n2)OC(=O)C[C@H](O)C(C)(C)C(=O)[C@H](C)[C@@H](O)[C@H](C)CCC1. The zero-order valence-electron chi connectivity index (χ0n) is 22.3. The molecule has 0 radical (unpaired) electrons. The third-order valence-corrected chi connectivity index (χ3v) is 8.07. The van der Waals surface area contributed by atoms with E-state index in [2.05, 4.69) is 17.1 Å². The number of thiazole rings is 1. The van der Waals surface area contributed by atoms with E-state index < -0.39 is 35.6 Å². The highest BCUT2D eigenvalue weighted by Gasteiger charge is 2.42. The van der Waals surface area contributed by atoms with Gasteiger partial charge in [0.05, 0.1) is 42.2 Å². The van der Waals surface area contributed by atoms with Crippen molar-refractivity contribution in [3.63, 3.8) is 0 Å². The number of aliphatic hydroxyl groups excluding tert-OH is 2. The Morgan fingerprint density at radius 2 is 2.03 bits per heavy atom. The molecule has 2 heterocycles. The maximum atomic E-state index is 13.2. The topological polar surface area (TPSA) is 121 Å². The number of aromatic nitrogens is 1. The predicted molar refractivity (Wildman–Crippen MR) is 141 cm³/mol. The van der Waals surface area contributed by atoms with Crippen molar-refractivity contribution >= 4 is 29.2 Å². The molecule has 0 fully saturated rings. The van der Waals surface area contributed by atoms with Gasteiger partial charge in [0.15, 0.2) is 0 Å². The highest BCUT2D eigenvalue weighted by Crippen LogP contribution is 2.32. The Morgan fingerprint density at radius 3 is 2.69 bits per heavy atom. The third-order valence-electron chi connectivity index (χ3n) is 7.20. The number of nitriles is 1. The number of aliphatic hydroxyl groups is 2. The molecular formula is C28H40N2O5S. The summed E-state index contributed by atoms with van der Waals surface area (Å²) in [5.41, 5.74) is 1.45. The van der Waals surface area contributed by atoms with Crippen LogP contribution in [0.15, 0.2) is 22.6 Å². The first-order valence-corrected chi connectivity index (χ1v) is 13.5. The summed E-state index contributed by atoms with van der Waals surface area (Å²) in [5.74, 6) is -1.59. The lowest BCUT2D eigenvalue weighted by Gasteiger charge is -2.34. The molecule has 0 aliphatic carbocycles. The molecule has 0 bridgehead atoms. The van der Waals surface area contributed by atoms with E-state index in [9.17, 15) is 19.8 Å². The average molecular weight is 517 g/mol. The van der Waals surface area contributed by atoms with Crippen LogP contribution >= 0.6 is 11.3 Å². The maximum Gasteiger partial charge on any atom is 0.309 e. The Bertz CT molecular complexity index is 1020. The third kappa shape index (κ3) is 8.09. The van der Waals surface area contributed by atoms with E-state index in [0.29, 0.717) is 12.1 Å². The Kier molecular flexibility index (Phi) is 11.0. The maximum absolute atomic E-state index is 13.2. The van der Waals surface area contributed by atoms with E-state index in [1.807, 2.05) is 32.2 Å². The monoisotopic (exact) mass is 516 g/mol. The fourth-order valence-electron chi connectivity index (χ4n) is 4.50. The van der Waals surface area contributed by atoms with Gasteiger partial charge in [-0.15, -0.1) is 11.3 Å². The van der Waals surface area contributed by atoms with Gasteiger partial charge in [-0.3, -0.25) is 9.59 Å². The van der Waals surface area contributed by atoms with Crippen molar-refractivity contribution in [2.45, 2.75) is 98.4 Å². The van der Waals surface area contributed by atoms with Gasteiger partial charge >= 0.3 is 5.97 Å². The summed E-state index contributed by atoms with van der Waals surface area (Å²) in [6, 6.07) is 2.09. The second-order valence-electron chi connectivity index (χ2n) is 10.6. The first-order valence-electron chi connectivity index (χ1n) is 12.6. The van der Waals surface area contributed by atoms with Gasteiger partial charge in [0.2, 0.25) is 0 Å². The lowest BCUT2D eigenvalue weighted by Crippen LogP contribution is -2.45. The quantitative estimate of drug-likeness (QED) is 0.427. The van der Waals surface area contributed by atoms with Crippen LogP contribution in [0.2, 0.25) is 0 Å². The van der Waals surface area contributed by atoms with Gasteiger partial charge < -0.3 is 14.9 Å². The van der Waals surface area contributed by atoms with Crippen molar-refractivity contribution in [1.82, 2.24) is 4.98 Å². The zero-order chi connectivity index (χ0) is 27.0. The number of hydrogen-bond donors (Lipinski definition) is 2. The molecule has 198 valence electrons. The van der Waals surface area contributed by atoms with Gasteiger partial charge in [-0.2, -0.15) is 5.26 Å². The second kappa shape index (κ2) is 13.3. The van der Waals surface area contributed by atoms with Crippen LogP contribution in [-0.2, 0) is 20.7 Å². The summed E-state index contributed by atoms with van der Waals surface area (Å²) in [6.07, 6.45) is 4.20. The summed E-state index contributed by atoms with van der Waals surface area (Å²) < 4.78 is 5.80. The van der Waals surface area contributed by atoms with E-state index in [0.717, 1.165) is 35.4 Å². The largest absolute Gasteiger partial charge is 0.457 e. The molecule has 0 spiro atoms. The fraction of sp³-hybridized carbons (Fsp3) is 0.643. The molecule has 0 saturated carbocycles. The number of cyclic esters (lactones) is 1. The van der Waals surface area contributed by atoms with Crippen molar-refractivity contribution in [2.24, 2.45) is 17.3 Å². The number of hydrogen-bond acceptors (Lipinski definition) is 8. The van der Waals surface area contributed by atoms with Gasteiger partial charge in [-0.1, -0.05) is 39.3 Å². The van der Waals surface area contributed by atoms with Crippen molar-refractivity contribution in [2.75, 3.05) is 0 Å². The molecule has 7 nitrogen and oxygen atoms in total. The average Bonchev–Trinajstić information content (AvgIpc) is 3.26. The van der Waals surface area contributed by atoms with E-state index in [4.69, 9.17) is 10.00 Å². The lowest BCUT2D eigenvalue weighted by atomic mass is 9.73. The number of esters is 1. The molecular weight excluding hydrogens is 476 g/mol. The van der Waals surface area contributed by atoms with Gasteiger partial charge in [-0.25, -0.2) is 4.98 Å². The highest BCUT2D eigenvalue weighted by molar-refractivity contribution is 7.09. The number of rotatable bonds is 3. The lowest BCUT2D eigenvalue weighted by molar-refractivity contribution is -0.154. The molecule has 1 aromatic heterocycles. The van der Waals surface area contributed by atoms with E-state index in [1.165, 1.54) is 11.3 Å². The molecule has 36 heavy (non-hydrogen) atoms. The van der Waals surface area contributed by atoms with Crippen molar-refractivity contribution in [1.29, 1.82) is 5.26 Å². The number of ether oxygens (including phenoxy) is 1. The summed E-state index contributed by atoms with van der Waals surface area (Å²) in [6.45, 7) is 10.8. The molecule has 0 amide bonds. The minimum absolute atomic E-state index is 0.0653. The second-order valence-corrected chi connectivity index (χ2v) is 11.6. The number of carbonyl (C=O) groups excluding carboxylic acids is 2. The molecule has 0 saturated heterocycles. The summed E-state index contributed by atoms with van der Waals surface area (Å²) in [4.78, 5) is 30.5. The molecule has 8 heteroatoms. The van der Waals surface area contributed by atoms with Gasteiger partial charge in [0, 0.05) is 17.7 Å². The Labute approximate surface area is 218 Å². The first-order chi connectivity index (χ1) is 16.9. The minimum atomic E-state index is -1.25. The molecule has 1 aliphatic heterocycles. The Balaban J connectivity index is 2.33. The van der Waals surface area contributed by atoms with Crippen LogP contribution in [0, 0.1) is 28.6 Å². The van der Waals surface area contributed by atoms with Crippen LogP contribution in [-0.4, -0.2) is 45.3 Å². The molecule has 1 aromatic rings. The van der Waals surface area contributed by atoms with Crippen LogP contribution in [0.25, 0.3) is 6.08 Å². The Morgan fingerprint density at radius 1 is 1.33 bits per heavy atom. The normalized spacial score (nSPS) is 30.7. The summed E-state index contributed by atoms with van der Waals surface area (Å²) in [7, 11) is 0. The summed E-state index contributed by atoms with van der Waals surface area (Å²) >= 11 is 1.41. The summed E-state index contributed by atoms with van der Waals surface area (Å²) in [5, 5.41) is 33.1. The van der Waals surface area contributed by atoms with Crippen molar-refractivity contribution in [3.05, 3.63) is 33.3 Å². The Hall–Kier alpha value is -2.34. The molecule has 2 rings (SSSR count). The standard InChI is InChI=1S/C28H40N2O5S/c1-17-8-7-9-18(2)26(33)20(4)27(34)28(5,6)23(31)15-25(32)35-22(11-10-17)19(3)14-21-16-36-24(30-21)12-13-29/h10,14,16,18,20,22-23,26,31,33H,7-9,11-12,15H2,1-6H3/b17-10-,19-14+/t18-,20-,22?,23+,26+/m1/s1. The minimum Gasteiger partial charge on any atom is -0.457 e. The number of Topliss-reactive ketones (excluding diaryl/α,β-unsaturated/α-hetero) is 1. The van der Waals surface area contributed by atoms with E-state index >= 15 is 0 Å². The predicted octanol–water partition coefficient (Wildman–Crippen LogP) is 5.02. The number of carbonyl (C=O) groups is 2. The number of ketones is 1. The smallest absolute Gasteiger partial charge is 0.309 e. The van der Waals surface area contributed by atoms with Crippen molar-refractivity contribution < 1.29 is 24.5 Å².